The lowest BCUT2D eigenvalue weighted by Crippen LogP contribution is -2.51. The minimum atomic E-state index is -1.25. The average molecular weight is 482 g/mol. The van der Waals surface area contributed by atoms with Crippen molar-refractivity contribution in [1.82, 2.24) is 19.8 Å². The van der Waals surface area contributed by atoms with E-state index in [-0.39, 0.29) is 36.6 Å². The summed E-state index contributed by atoms with van der Waals surface area (Å²) in [4.78, 5) is 54.3. The fourth-order valence-corrected chi connectivity index (χ4v) is 5.91. The lowest BCUT2D eigenvalue weighted by Gasteiger charge is -2.37. The minimum absolute atomic E-state index is 0.0165. The smallest absolute Gasteiger partial charge is 0.241 e. The second kappa shape index (κ2) is 9.33. The largest absolute Gasteiger partial charge is 0.352 e. The molecule has 0 bridgehead atoms. The summed E-state index contributed by atoms with van der Waals surface area (Å²) >= 11 is 6.54. The van der Waals surface area contributed by atoms with Crippen LogP contribution in [0.3, 0.4) is 0 Å². The summed E-state index contributed by atoms with van der Waals surface area (Å²) in [6.07, 6.45) is 8.59. The van der Waals surface area contributed by atoms with E-state index < -0.39 is 5.41 Å². The molecule has 3 heterocycles. The topological polar surface area (TPSA) is 86.7 Å². The summed E-state index contributed by atoms with van der Waals surface area (Å²) in [6.45, 7) is 2.29. The molecule has 178 valence electrons. The van der Waals surface area contributed by atoms with Crippen molar-refractivity contribution in [2.75, 3.05) is 31.1 Å². The molecule has 5 rings (SSSR count). The molecule has 8 nitrogen and oxygen atoms in total. The number of hydrogen-bond acceptors (Lipinski definition) is 6. The fourth-order valence-electron chi connectivity index (χ4n) is 5.60. The molecule has 2 aliphatic heterocycles. The van der Waals surface area contributed by atoms with Gasteiger partial charge in [0.05, 0.1) is 11.6 Å². The Kier molecular flexibility index (Phi) is 6.25. The number of halogens is 1. The van der Waals surface area contributed by atoms with Crippen molar-refractivity contribution in [1.29, 1.82) is 0 Å². The lowest BCUT2D eigenvalue weighted by molar-refractivity contribution is -0.144. The number of carbonyl (C=O) groups is 3. The highest BCUT2D eigenvalue weighted by Crippen LogP contribution is 2.45. The van der Waals surface area contributed by atoms with Gasteiger partial charge in [0.1, 0.15) is 5.82 Å². The number of amides is 3. The summed E-state index contributed by atoms with van der Waals surface area (Å²) in [6, 6.07) is 7.03. The standard InChI is InChI=1S/C25H28ClN5O3/c26-20-8-4-3-7-19(20)25(16-23(33)31(24(25)34)18-5-1-2-6-18)15-22(32)30-13-11-29(12-14-30)21-17-27-9-10-28-21/h3-4,7-10,17-18H,1-2,5-6,11-16H2. The summed E-state index contributed by atoms with van der Waals surface area (Å²) in [5.74, 6) is 0.181. The van der Waals surface area contributed by atoms with Crippen molar-refractivity contribution < 1.29 is 14.4 Å². The van der Waals surface area contributed by atoms with Crippen molar-refractivity contribution in [3.05, 3.63) is 53.4 Å². The quantitative estimate of drug-likeness (QED) is 0.610. The van der Waals surface area contributed by atoms with Gasteiger partial charge >= 0.3 is 0 Å². The zero-order valence-corrected chi connectivity index (χ0v) is 19.8. The van der Waals surface area contributed by atoms with E-state index in [2.05, 4.69) is 14.9 Å². The monoisotopic (exact) mass is 481 g/mol. The van der Waals surface area contributed by atoms with Crippen LogP contribution in [0.4, 0.5) is 5.82 Å². The Morgan fingerprint density at radius 2 is 1.79 bits per heavy atom. The molecule has 3 aliphatic rings. The highest BCUT2D eigenvalue weighted by atomic mass is 35.5. The summed E-state index contributed by atoms with van der Waals surface area (Å²) < 4.78 is 0. The first-order valence-corrected chi connectivity index (χ1v) is 12.3. The molecule has 0 N–H and O–H groups in total. The van der Waals surface area contributed by atoms with E-state index in [0.29, 0.717) is 36.8 Å². The fraction of sp³-hybridized carbons (Fsp3) is 0.480. The van der Waals surface area contributed by atoms with Gasteiger partial charge in [-0.25, -0.2) is 4.98 Å². The average Bonchev–Trinajstić information content (AvgIpc) is 3.46. The number of benzene rings is 1. The van der Waals surface area contributed by atoms with Crippen molar-refractivity contribution >= 4 is 35.1 Å². The number of anilines is 1. The van der Waals surface area contributed by atoms with E-state index in [4.69, 9.17) is 11.6 Å². The molecule has 1 unspecified atom stereocenters. The Morgan fingerprint density at radius 1 is 1.06 bits per heavy atom. The third-order valence-corrected chi connectivity index (χ3v) is 7.72. The van der Waals surface area contributed by atoms with Gasteiger partial charge in [0.15, 0.2) is 0 Å². The first-order valence-electron chi connectivity index (χ1n) is 11.9. The normalized spacial score (nSPS) is 23.7. The Hall–Kier alpha value is -3.00. The Balaban J connectivity index is 1.38. The number of carbonyl (C=O) groups excluding carboxylic acids is 3. The number of nitrogens with zero attached hydrogens (tertiary/aromatic N) is 5. The molecule has 3 amide bonds. The van der Waals surface area contributed by atoms with Gasteiger partial charge in [-0.3, -0.25) is 24.3 Å². The van der Waals surface area contributed by atoms with Gasteiger partial charge < -0.3 is 9.80 Å². The van der Waals surface area contributed by atoms with Crippen molar-refractivity contribution in [3.63, 3.8) is 0 Å². The van der Waals surface area contributed by atoms with Gasteiger partial charge in [0, 0.05) is 62.5 Å². The maximum absolute atomic E-state index is 13.9. The Bertz CT molecular complexity index is 1080. The number of rotatable bonds is 5. The van der Waals surface area contributed by atoms with Crippen LogP contribution in [-0.4, -0.2) is 69.7 Å². The third-order valence-electron chi connectivity index (χ3n) is 7.39. The van der Waals surface area contributed by atoms with E-state index in [1.807, 2.05) is 6.07 Å². The molecule has 1 saturated carbocycles. The zero-order chi connectivity index (χ0) is 23.7. The van der Waals surface area contributed by atoms with Crippen LogP contribution in [0.15, 0.2) is 42.9 Å². The predicted molar refractivity (Wildman–Crippen MR) is 127 cm³/mol. The summed E-state index contributed by atoms with van der Waals surface area (Å²) in [7, 11) is 0. The van der Waals surface area contributed by atoms with Gasteiger partial charge in [0.2, 0.25) is 17.7 Å². The van der Waals surface area contributed by atoms with Crippen molar-refractivity contribution in [2.45, 2.75) is 50.0 Å². The summed E-state index contributed by atoms with van der Waals surface area (Å²) in [5.41, 5.74) is -0.681. The minimum Gasteiger partial charge on any atom is -0.352 e. The molecule has 9 heteroatoms. The van der Waals surface area contributed by atoms with E-state index in [1.54, 1.807) is 41.7 Å². The molecule has 2 aromatic rings. The number of likely N-dealkylation sites (tertiary alicyclic amines) is 1. The van der Waals surface area contributed by atoms with Gasteiger partial charge in [0.25, 0.3) is 0 Å². The summed E-state index contributed by atoms with van der Waals surface area (Å²) in [5, 5.41) is 0.414. The van der Waals surface area contributed by atoms with Crippen LogP contribution in [0.25, 0.3) is 0 Å². The number of hydrogen-bond donors (Lipinski definition) is 0. The second-order valence-electron chi connectivity index (χ2n) is 9.35. The van der Waals surface area contributed by atoms with Crippen molar-refractivity contribution in [2.24, 2.45) is 0 Å². The molecule has 3 fully saturated rings. The molecule has 0 spiro atoms. The molecule has 1 aromatic heterocycles. The second-order valence-corrected chi connectivity index (χ2v) is 9.76. The Morgan fingerprint density at radius 3 is 2.47 bits per heavy atom. The van der Waals surface area contributed by atoms with Gasteiger partial charge in [-0.1, -0.05) is 42.6 Å². The van der Waals surface area contributed by atoms with Crippen LogP contribution < -0.4 is 4.90 Å². The van der Waals surface area contributed by atoms with Crippen LogP contribution in [-0.2, 0) is 19.8 Å². The zero-order valence-electron chi connectivity index (χ0n) is 19.0. The molecule has 0 radical (unpaired) electrons. The van der Waals surface area contributed by atoms with E-state index in [9.17, 15) is 14.4 Å². The molecular formula is C25H28ClN5O3. The highest BCUT2D eigenvalue weighted by Gasteiger charge is 2.56. The number of aromatic nitrogens is 2. The van der Waals surface area contributed by atoms with Crippen LogP contribution in [0.2, 0.25) is 5.02 Å². The van der Waals surface area contributed by atoms with Gasteiger partial charge in [-0.2, -0.15) is 0 Å². The molecular weight excluding hydrogens is 454 g/mol. The van der Waals surface area contributed by atoms with Crippen LogP contribution in [0, 0.1) is 0 Å². The Labute approximate surface area is 203 Å². The van der Waals surface area contributed by atoms with Crippen molar-refractivity contribution in [3.8, 4) is 0 Å². The molecule has 34 heavy (non-hydrogen) atoms. The van der Waals surface area contributed by atoms with Gasteiger partial charge in [-0.05, 0) is 24.5 Å². The van der Waals surface area contributed by atoms with Crippen LogP contribution in [0.5, 0.6) is 0 Å². The lowest BCUT2D eigenvalue weighted by atomic mass is 9.75. The predicted octanol–water partition coefficient (Wildman–Crippen LogP) is 2.81. The first kappa shape index (κ1) is 22.8. The molecule has 2 saturated heterocycles. The van der Waals surface area contributed by atoms with Crippen LogP contribution >= 0.6 is 11.6 Å². The SMILES string of the molecule is O=C(CC1(c2ccccc2Cl)CC(=O)N(C2CCCC2)C1=O)N1CCN(c2cnccn2)CC1. The van der Waals surface area contributed by atoms with Gasteiger partial charge in [-0.15, -0.1) is 0 Å². The first-order chi connectivity index (χ1) is 16.5. The van der Waals surface area contributed by atoms with E-state index >= 15 is 0 Å². The number of piperazine rings is 1. The number of imide groups is 1. The third kappa shape index (κ3) is 4.04. The highest BCUT2D eigenvalue weighted by molar-refractivity contribution is 6.32. The van der Waals surface area contributed by atoms with E-state index in [1.165, 1.54) is 4.90 Å². The van der Waals surface area contributed by atoms with Crippen LogP contribution in [0.1, 0.15) is 44.1 Å². The van der Waals surface area contributed by atoms with E-state index in [0.717, 1.165) is 31.5 Å². The molecule has 1 atom stereocenters. The maximum Gasteiger partial charge on any atom is 0.241 e. The molecule has 1 aromatic carbocycles. The maximum atomic E-state index is 13.9. The molecule has 1 aliphatic carbocycles.